The topological polar surface area (TPSA) is 167 Å². The summed E-state index contributed by atoms with van der Waals surface area (Å²) in [6, 6.07) is 17.7. The lowest BCUT2D eigenvalue weighted by atomic mass is 9.92. The standard InChI is InChI=1S/C33H31N5O5.C2HF3O2/c1-19-14-22-5-8-26(19)20(2)18-43-33(41)37-24-7-9-27(31-35-12-13-42-31)23(15-24)17-38(3)32(40)29(22)36-25-6-4-21-10-11-34-30(39)28(21)16-25;3-2(4,5)1(6)7/h4-16,20,29,36H,17-18H2,1-3H3,(H,34,39)(H,37,41);(H,6,7)/t20?,29-;/m1./s1. The van der Waals surface area contributed by atoms with E-state index < -0.39 is 24.3 Å². The van der Waals surface area contributed by atoms with E-state index in [9.17, 15) is 27.6 Å². The molecule has 2 amide bonds. The normalized spacial score (nSPS) is 16.6. The molecule has 4 bridgehead atoms. The number of carboxylic acid groups (broad SMARTS) is 1. The van der Waals surface area contributed by atoms with E-state index in [1.165, 1.54) is 6.26 Å². The van der Waals surface area contributed by atoms with Gasteiger partial charge in [-0.1, -0.05) is 31.2 Å². The summed E-state index contributed by atoms with van der Waals surface area (Å²) in [6.07, 6.45) is -0.998. The van der Waals surface area contributed by atoms with E-state index in [-0.39, 0.29) is 30.5 Å². The molecule has 2 aliphatic heterocycles. The number of carbonyl (C=O) groups excluding carboxylic acids is 2. The zero-order chi connectivity index (χ0) is 36.2. The zero-order valence-electron chi connectivity index (χ0n) is 27.0. The first-order valence-electron chi connectivity index (χ1n) is 15.2. The Morgan fingerprint density at radius 1 is 1.06 bits per heavy atom. The maximum Gasteiger partial charge on any atom is 0.490 e. The van der Waals surface area contributed by atoms with E-state index >= 15 is 0 Å². The lowest BCUT2D eigenvalue weighted by Gasteiger charge is -2.27. The number of hydrogen-bond acceptors (Lipinski definition) is 8. The number of benzene rings is 3. The second-order valence-corrected chi connectivity index (χ2v) is 11.6. The number of rotatable bonds is 3. The highest BCUT2D eigenvalue weighted by Crippen LogP contribution is 2.31. The van der Waals surface area contributed by atoms with E-state index in [0.717, 1.165) is 27.6 Å². The first-order valence-corrected chi connectivity index (χ1v) is 15.2. The molecule has 0 saturated carbocycles. The number of likely N-dealkylation sites (N-methyl/N-ethyl adjacent to an activating group) is 1. The molecule has 0 fully saturated rings. The Hall–Kier alpha value is -6.12. The highest BCUT2D eigenvalue weighted by Gasteiger charge is 2.38. The molecule has 4 N–H and O–H groups in total. The molecular weight excluding hydrogens is 659 g/mol. The Labute approximate surface area is 282 Å². The van der Waals surface area contributed by atoms with Crippen LogP contribution in [-0.4, -0.2) is 57.8 Å². The molecule has 12 nitrogen and oxygen atoms in total. The fourth-order valence-corrected chi connectivity index (χ4v) is 5.52. The Bertz CT molecular complexity index is 2100. The fourth-order valence-electron chi connectivity index (χ4n) is 5.52. The summed E-state index contributed by atoms with van der Waals surface area (Å²) in [5, 5.41) is 14.6. The van der Waals surface area contributed by atoms with Gasteiger partial charge in [-0.15, -0.1) is 0 Å². The monoisotopic (exact) mass is 691 g/mol. The van der Waals surface area contributed by atoms with Crippen molar-refractivity contribution >= 4 is 40.1 Å². The number of pyridine rings is 1. The Kier molecular flexibility index (Phi) is 10.2. The van der Waals surface area contributed by atoms with Gasteiger partial charge in [0.05, 0.1) is 12.8 Å². The van der Waals surface area contributed by atoms with Crippen LogP contribution >= 0.6 is 0 Å². The van der Waals surface area contributed by atoms with Gasteiger partial charge in [0.2, 0.25) is 11.8 Å². The van der Waals surface area contributed by atoms with Crippen molar-refractivity contribution in [3.8, 4) is 11.5 Å². The van der Waals surface area contributed by atoms with Crippen LogP contribution in [0.2, 0.25) is 0 Å². The largest absolute Gasteiger partial charge is 0.490 e. The molecule has 0 spiro atoms. The first kappa shape index (κ1) is 35.2. The third kappa shape index (κ3) is 8.11. The molecule has 15 heteroatoms. The maximum atomic E-state index is 14.3. The molecule has 2 aromatic heterocycles. The molecule has 0 aliphatic carbocycles. The number of nitrogens with zero attached hydrogens (tertiary/aromatic N) is 2. The summed E-state index contributed by atoms with van der Waals surface area (Å²) < 4.78 is 42.9. The minimum Gasteiger partial charge on any atom is -0.475 e. The van der Waals surface area contributed by atoms with Crippen molar-refractivity contribution in [3.63, 3.8) is 0 Å². The summed E-state index contributed by atoms with van der Waals surface area (Å²) in [5.41, 5.74) is 5.11. The zero-order valence-corrected chi connectivity index (χ0v) is 27.0. The third-order valence-corrected chi connectivity index (χ3v) is 8.00. The number of aryl methyl sites for hydroxylation is 1. The number of oxazole rings is 1. The molecule has 2 atom stereocenters. The van der Waals surface area contributed by atoms with Gasteiger partial charge in [0.25, 0.3) is 5.56 Å². The number of amides is 2. The van der Waals surface area contributed by atoms with Gasteiger partial charge in [-0.2, -0.15) is 13.2 Å². The average Bonchev–Trinajstić information content (AvgIpc) is 3.61. The Morgan fingerprint density at radius 3 is 2.50 bits per heavy atom. The van der Waals surface area contributed by atoms with Crippen LogP contribution in [0.4, 0.5) is 29.3 Å². The first-order chi connectivity index (χ1) is 23.7. The predicted octanol–water partition coefficient (Wildman–Crippen LogP) is 6.60. The molecule has 50 heavy (non-hydrogen) atoms. The molecule has 260 valence electrons. The Balaban J connectivity index is 0.000000630. The molecule has 0 radical (unpaired) electrons. The number of H-pyrrole nitrogens is 1. The van der Waals surface area contributed by atoms with Crippen LogP contribution in [0, 0.1) is 6.92 Å². The predicted molar refractivity (Wildman–Crippen MR) is 178 cm³/mol. The lowest BCUT2D eigenvalue weighted by Crippen LogP contribution is -2.35. The van der Waals surface area contributed by atoms with Crippen LogP contribution in [0.5, 0.6) is 0 Å². The van der Waals surface area contributed by atoms with Crippen molar-refractivity contribution in [2.75, 3.05) is 24.3 Å². The number of aromatic amines is 1. The number of aliphatic carboxylic acids is 1. The lowest BCUT2D eigenvalue weighted by molar-refractivity contribution is -0.192. The Morgan fingerprint density at radius 2 is 1.82 bits per heavy atom. The smallest absolute Gasteiger partial charge is 0.475 e. The SMILES string of the molecule is Cc1cc2ccc1C(C)COC(=O)Nc1ccc(-c3ncco3)c(c1)CN(C)C(=O)[C@@H]2Nc1ccc2cc[nH]c(=O)c2c1.O=C(O)C(F)(F)F. The molecule has 2 aliphatic rings. The van der Waals surface area contributed by atoms with Gasteiger partial charge in [0, 0.05) is 48.0 Å². The van der Waals surface area contributed by atoms with Gasteiger partial charge >= 0.3 is 18.2 Å². The number of carboxylic acids is 1. The van der Waals surface area contributed by atoms with Crippen LogP contribution in [0.1, 0.15) is 41.1 Å². The van der Waals surface area contributed by atoms with E-state index in [1.807, 2.05) is 50.2 Å². The van der Waals surface area contributed by atoms with Crippen molar-refractivity contribution < 1.29 is 41.8 Å². The fraction of sp³-hybridized carbons (Fsp3) is 0.229. The van der Waals surface area contributed by atoms with E-state index in [2.05, 4.69) is 20.6 Å². The summed E-state index contributed by atoms with van der Waals surface area (Å²) in [5.74, 6) is -2.62. The molecule has 1 unspecified atom stereocenters. The van der Waals surface area contributed by atoms with Gasteiger partial charge in [-0.05, 0) is 71.0 Å². The van der Waals surface area contributed by atoms with Crippen molar-refractivity contribution in [2.24, 2.45) is 0 Å². The van der Waals surface area contributed by atoms with Gasteiger partial charge in [0.15, 0.2) is 0 Å². The molecule has 5 aromatic rings. The van der Waals surface area contributed by atoms with Crippen LogP contribution in [0.3, 0.4) is 0 Å². The molecule has 7 rings (SSSR count). The number of hydrogen-bond donors (Lipinski definition) is 4. The number of fused-ring (bicyclic) bond motifs is 10. The number of halogens is 3. The van der Waals surface area contributed by atoms with Crippen molar-refractivity contribution in [2.45, 2.75) is 38.5 Å². The number of carbonyl (C=O) groups is 3. The number of aromatic nitrogens is 2. The summed E-state index contributed by atoms with van der Waals surface area (Å²) >= 11 is 0. The van der Waals surface area contributed by atoms with Gasteiger partial charge < -0.3 is 29.5 Å². The molecule has 3 aromatic carbocycles. The van der Waals surface area contributed by atoms with Crippen LogP contribution in [-0.2, 0) is 20.9 Å². The number of anilines is 2. The van der Waals surface area contributed by atoms with Crippen LogP contribution in [0.25, 0.3) is 22.2 Å². The quantitative estimate of drug-likeness (QED) is 0.163. The summed E-state index contributed by atoms with van der Waals surface area (Å²) in [7, 11) is 1.72. The summed E-state index contributed by atoms with van der Waals surface area (Å²) in [6.45, 7) is 4.35. The second-order valence-electron chi connectivity index (χ2n) is 11.6. The second kappa shape index (κ2) is 14.6. The third-order valence-electron chi connectivity index (χ3n) is 8.00. The number of alkyl halides is 3. The van der Waals surface area contributed by atoms with E-state index in [0.29, 0.717) is 28.2 Å². The molecular formula is C35H32F3N5O7. The van der Waals surface area contributed by atoms with Crippen LogP contribution < -0.4 is 16.2 Å². The van der Waals surface area contributed by atoms with Gasteiger partial charge in [-0.25, -0.2) is 14.6 Å². The van der Waals surface area contributed by atoms with Crippen molar-refractivity contribution in [1.29, 1.82) is 0 Å². The van der Waals surface area contributed by atoms with Crippen molar-refractivity contribution in [1.82, 2.24) is 14.9 Å². The van der Waals surface area contributed by atoms with Gasteiger partial charge in [0.1, 0.15) is 12.3 Å². The van der Waals surface area contributed by atoms with E-state index in [4.69, 9.17) is 19.1 Å². The minimum absolute atomic E-state index is 0.0762. The highest BCUT2D eigenvalue weighted by molar-refractivity contribution is 5.89. The maximum absolute atomic E-state index is 14.3. The van der Waals surface area contributed by atoms with Crippen LogP contribution in [0.15, 0.2) is 88.5 Å². The average molecular weight is 692 g/mol. The highest BCUT2D eigenvalue weighted by atomic mass is 19.4. The minimum atomic E-state index is -5.08. The van der Waals surface area contributed by atoms with Gasteiger partial charge in [-0.3, -0.25) is 14.9 Å². The number of nitrogens with one attached hydrogen (secondary N) is 3. The molecule has 0 saturated heterocycles. The van der Waals surface area contributed by atoms with Crippen molar-refractivity contribution in [3.05, 3.63) is 112 Å². The van der Waals surface area contributed by atoms with E-state index in [1.54, 1.807) is 48.6 Å². The molecule has 4 heterocycles. The summed E-state index contributed by atoms with van der Waals surface area (Å²) in [4.78, 5) is 56.9. The number of ether oxygens (including phenoxy) is 1.